The summed E-state index contributed by atoms with van der Waals surface area (Å²) < 4.78 is 17.7. The normalized spacial score (nSPS) is 40.5. The predicted molar refractivity (Wildman–Crippen MR) is 117 cm³/mol. The summed E-state index contributed by atoms with van der Waals surface area (Å²) in [6, 6.07) is 4.87. The van der Waals surface area contributed by atoms with Crippen LogP contribution < -0.4 is 14.4 Å². The maximum absolute atomic E-state index is 13.5. The molecule has 4 fully saturated rings. The highest BCUT2D eigenvalue weighted by molar-refractivity contribution is 5.99. The Labute approximate surface area is 181 Å². The van der Waals surface area contributed by atoms with E-state index in [0.29, 0.717) is 36.7 Å². The standard InChI is InChI=1S/C24H28N2O4.3H2/c1-28-17-10-15-16(11-18(17)29-2)26-21(27)12-19-22-14-9-20-24(15,23(22)26)5-7-25(20)6-3-13(14)4-8-30-19;;;/h4,10-11,14,19-20,22-23H,3,5-9,12H2,1-2H3;3*1H/t14?,19?,20?,22?,23?,24-;;;/m1.../s1. The van der Waals surface area contributed by atoms with Gasteiger partial charge in [0.1, 0.15) is 0 Å². The molecular weight excluding hydrogens is 380 g/mol. The second kappa shape index (κ2) is 5.80. The topological polar surface area (TPSA) is 51.2 Å². The van der Waals surface area contributed by atoms with Crippen LogP contribution in [0.15, 0.2) is 23.8 Å². The van der Waals surface area contributed by atoms with Gasteiger partial charge < -0.3 is 19.1 Å². The van der Waals surface area contributed by atoms with Crippen LogP contribution in [-0.4, -0.2) is 62.9 Å². The lowest BCUT2D eigenvalue weighted by atomic mass is 9.55. The molecule has 6 nitrogen and oxygen atoms in total. The summed E-state index contributed by atoms with van der Waals surface area (Å²) in [7, 11) is 3.37. The average molecular weight is 415 g/mol. The van der Waals surface area contributed by atoms with Crippen molar-refractivity contribution in [2.45, 2.75) is 49.3 Å². The molecule has 6 aliphatic rings. The van der Waals surface area contributed by atoms with Crippen molar-refractivity contribution in [3.05, 3.63) is 29.3 Å². The number of rotatable bonds is 2. The van der Waals surface area contributed by atoms with Gasteiger partial charge in [0, 0.05) is 34.3 Å². The maximum Gasteiger partial charge on any atom is 0.229 e. The van der Waals surface area contributed by atoms with E-state index in [1.807, 2.05) is 6.07 Å². The minimum atomic E-state index is -0.0342. The van der Waals surface area contributed by atoms with E-state index in [1.165, 1.54) is 12.0 Å². The molecule has 5 heterocycles. The number of hydrogen-bond acceptors (Lipinski definition) is 5. The fourth-order valence-corrected chi connectivity index (χ4v) is 8.09. The molecule has 30 heavy (non-hydrogen) atoms. The third-order valence-electron chi connectivity index (χ3n) is 9.12. The molecule has 1 aromatic carbocycles. The molecule has 1 aromatic rings. The number of amides is 1. The van der Waals surface area contributed by atoms with Crippen molar-refractivity contribution >= 4 is 11.6 Å². The van der Waals surface area contributed by atoms with Crippen molar-refractivity contribution in [1.29, 1.82) is 0 Å². The second-order valence-corrected chi connectivity index (χ2v) is 9.80. The number of piperidine rings is 1. The molecule has 2 bridgehead atoms. The van der Waals surface area contributed by atoms with Crippen molar-refractivity contribution in [3.63, 3.8) is 0 Å². The van der Waals surface area contributed by atoms with Gasteiger partial charge in [0.2, 0.25) is 5.91 Å². The number of fused-ring (bicyclic) bond motifs is 2. The maximum atomic E-state index is 13.5. The second-order valence-electron chi connectivity index (χ2n) is 9.80. The summed E-state index contributed by atoms with van der Waals surface area (Å²) in [6.07, 6.45) is 6.27. The van der Waals surface area contributed by atoms with Gasteiger partial charge in [0.15, 0.2) is 11.5 Å². The van der Waals surface area contributed by atoms with Crippen molar-refractivity contribution < 1.29 is 23.3 Å². The Morgan fingerprint density at radius 1 is 1.20 bits per heavy atom. The van der Waals surface area contributed by atoms with Gasteiger partial charge in [0.05, 0.1) is 45.1 Å². The van der Waals surface area contributed by atoms with Crippen LogP contribution in [0.3, 0.4) is 0 Å². The Hall–Kier alpha value is -2.05. The highest BCUT2D eigenvalue weighted by Gasteiger charge is 2.70. The highest BCUT2D eigenvalue weighted by Crippen LogP contribution is 2.66. The third kappa shape index (κ3) is 1.87. The fourth-order valence-electron chi connectivity index (χ4n) is 8.09. The van der Waals surface area contributed by atoms with Crippen molar-refractivity contribution in [2.75, 3.05) is 38.8 Å². The van der Waals surface area contributed by atoms with Crippen LogP contribution in [0.1, 0.15) is 35.5 Å². The summed E-state index contributed by atoms with van der Waals surface area (Å²) in [6.45, 7) is 2.88. The molecule has 0 N–H and O–H groups in total. The van der Waals surface area contributed by atoms with E-state index in [2.05, 4.69) is 21.9 Å². The molecule has 1 aliphatic carbocycles. The van der Waals surface area contributed by atoms with Gasteiger partial charge in [-0.25, -0.2) is 0 Å². The van der Waals surface area contributed by atoms with Crippen molar-refractivity contribution in [1.82, 2.24) is 4.90 Å². The van der Waals surface area contributed by atoms with Crippen LogP contribution in [0.5, 0.6) is 11.5 Å². The number of ether oxygens (including phenoxy) is 3. The van der Waals surface area contributed by atoms with E-state index < -0.39 is 0 Å². The van der Waals surface area contributed by atoms with Crippen molar-refractivity contribution in [3.8, 4) is 11.5 Å². The zero-order valence-corrected chi connectivity index (χ0v) is 17.6. The highest BCUT2D eigenvalue weighted by atomic mass is 16.5. The minimum absolute atomic E-state index is 0. The van der Waals surface area contributed by atoms with Gasteiger partial charge in [-0.05, 0) is 43.4 Å². The fraction of sp³-hybridized carbons (Fsp3) is 0.625. The van der Waals surface area contributed by atoms with E-state index >= 15 is 0 Å². The molecule has 6 heteroatoms. The first kappa shape index (κ1) is 17.6. The first-order valence-corrected chi connectivity index (χ1v) is 11.3. The lowest BCUT2D eigenvalue weighted by molar-refractivity contribution is -0.131. The molecule has 0 radical (unpaired) electrons. The van der Waals surface area contributed by atoms with Gasteiger partial charge in [-0.15, -0.1) is 0 Å². The first-order chi connectivity index (χ1) is 14.7. The number of carbonyl (C=O) groups excluding carboxylic acids is 1. The van der Waals surface area contributed by atoms with Crippen LogP contribution in [0, 0.1) is 11.8 Å². The quantitative estimate of drug-likeness (QED) is 0.696. The molecule has 6 atom stereocenters. The molecule has 1 saturated carbocycles. The lowest BCUT2D eigenvalue weighted by Gasteiger charge is -2.55. The van der Waals surface area contributed by atoms with E-state index in [0.717, 1.165) is 37.4 Å². The molecular formula is C24H34N2O4. The van der Waals surface area contributed by atoms with E-state index in [4.69, 9.17) is 14.2 Å². The van der Waals surface area contributed by atoms with Gasteiger partial charge in [0.25, 0.3) is 0 Å². The summed E-state index contributed by atoms with van der Waals surface area (Å²) in [5, 5.41) is 0. The molecule has 1 spiro atoms. The summed E-state index contributed by atoms with van der Waals surface area (Å²) in [5.41, 5.74) is 3.88. The molecule has 7 rings (SSSR count). The molecule has 5 aliphatic heterocycles. The third-order valence-corrected chi connectivity index (χ3v) is 9.12. The SMILES string of the molecule is COc1cc2c(cc1OC)[C@@]13CCN4CCC5=CCOC6CC(=O)N2C1C6C5CC43.[HH].[HH].[HH]. The van der Waals surface area contributed by atoms with Gasteiger partial charge in [-0.1, -0.05) is 11.6 Å². The Morgan fingerprint density at radius 2 is 2.03 bits per heavy atom. The van der Waals surface area contributed by atoms with Crippen LogP contribution >= 0.6 is 0 Å². The Balaban J connectivity index is 0.000000864. The molecule has 164 valence electrons. The van der Waals surface area contributed by atoms with E-state index in [9.17, 15) is 4.79 Å². The number of hydrogen-bond donors (Lipinski definition) is 0. The van der Waals surface area contributed by atoms with Crippen molar-refractivity contribution in [2.24, 2.45) is 11.8 Å². The number of anilines is 1. The molecule has 3 saturated heterocycles. The monoisotopic (exact) mass is 414 g/mol. The van der Waals surface area contributed by atoms with Gasteiger partial charge in [-0.2, -0.15) is 0 Å². The largest absolute Gasteiger partial charge is 0.493 e. The summed E-state index contributed by atoms with van der Waals surface area (Å²) in [4.78, 5) is 18.4. The number of benzene rings is 1. The van der Waals surface area contributed by atoms with E-state index in [-0.39, 0.29) is 27.7 Å². The van der Waals surface area contributed by atoms with Gasteiger partial charge >= 0.3 is 0 Å². The number of methoxy groups -OCH3 is 2. The number of nitrogens with zero attached hydrogens (tertiary/aromatic N) is 2. The Kier molecular flexibility index (Phi) is 3.40. The lowest BCUT2D eigenvalue weighted by Crippen LogP contribution is -2.67. The smallest absolute Gasteiger partial charge is 0.229 e. The zero-order valence-electron chi connectivity index (χ0n) is 17.6. The van der Waals surface area contributed by atoms with E-state index in [1.54, 1.807) is 19.8 Å². The zero-order chi connectivity index (χ0) is 20.2. The average Bonchev–Trinajstić information content (AvgIpc) is 3.14. The molecule has 0 aromatic heterocycles. The van der Waals surface area contributed by atoms with Crippen LogP contribution in [-0.2, 0) is 14.9 Å². The molecule has 5 unspecified atom stereocenters. The minimum Gasteiger partial charge on any atom is -0.493 e. The summed E-state index contributed by atoms with van der Waals surface area (Å²) in [5.74, 6) is 2.56. The van der Waals surface area contributed by atoms with Gasteiger partial charge in [-0.3, -0.25) is 9.69 Å². The Morgan fingerprint density at radius 3 is 2.87 bits per heavy atom. The van der Waals surface area contributed by atoms with Crippen LogP contribution in [0.25, 0.3) is 0 Å². The Bertz CT molecular complexity index is 1000. The van der Waals surface area contributed by atoms with Crippen LogP contribution in [0.4, 0.5) is 5.69 Å². The molecule has 1 amide bonds. The summed E-state index contributed by atoms with van der Waals surface area (Å²) >= 11 is 0. The predicted octanol–water partition coefficient (Wildman–Crippen LogP) is 3.24. The first-order valence-electron chi connectivity index (χ1n) is 11.3. The number of carbonyl (C=O) groups is 1. The van der Waals surface area contributed by atoms with Crippen LogP contribution in [0.2, 0.25) is 0 Å².